The van der Waals surface area contributed by atoms with E-state index in [1.165, 1.54) is 38.9 Å². The molecule has 1 fully saturated rings. The number of hydrogen-bond donors (Lipinski definition) is 2. The number of rotatable bonds is 4. The Morgan fingerprint density at radius 1 is 1.30 bits per heavy atom. The zero-order valence-corrected chi connectivity index (χ0v) is 15.3. The van der Waals surface area contributed by atoms with Crippen molar-refractivity contribution < 1.29 is 14.6 Å². The maximum Gasteiger partial charge on any atom is 0.336 e. The summed E-state index contributed by atoms with van der Waals surface area (Å²) < 4.78 is 7.10. The fraction of sp³-hybridized carbons (Fsp3) is 0.450. The molecular weight excluding hydrogens is 346 g/mol. The number of methoxy groups -OCH3 is 1. The smallest absolute Gasteiger partial charge is 0.336 e. The van der Waals surface area contributed by atoms with Crippen LogP contribution in [0.2, 0.25) is 0 Å². The predicted octanol–water partition coefficient (Wildman–Crippen LogP) is 3.46. The molecule has 0 aliphatic heterocycles. The maximum absolute atomic E-state index is 12.5. The number of imidazole rings is 1. The fourth-order valence-electron chi connectivity index (χ4n) is 4.21. The molecule has 7 nitrogen and oxygen atoms in total. The molecule has 0 unspecified atom stereocenters. The first-order chi connectivity index (χ1) is 13.1. The summed E-state index contributed by atoms with van der Waals surface area (Å²) in [4.78, 5) is 31.3. The molecule has 2 aromatic heterocycles. The number of aromatic carboxylic acids is 1. The molecule has 0 radical (unpaired) electrons. The summed E-state index contributed by atoms with van der Waals surface area (Å²) in [5.74, 6) is -0.683. The molecule has 0 saturated heterocycles. The molecule has 3 aromatic rings. The molecule has 2 N–H and O–H groups in total. The van der Waals surface area contributed by atoms with Gasteiger partial charge >= 0.3 is 5.97 Å². The van der Waals surface area contributed by atoms with Gasteiger partial charge in [0.2, 0.25) is 5.65 Å². The molecule has 7 heteroatoms. The fourth-order valence-corrected chi connectivity index (χ4v) is 4.21. The van der Waals surface area contributed by atoms with Crippen molar-refractivity contribution in [2.45, 2.75) is 51.0 Å². The summed E-state index contributed by atoms with van der Waals surface area (Å²) in [6.07, 6.45) is 8.82. The van der Waals surface area contributed by atoms with Gasteiger partial charge in [0, 0.05) is 24.9 Å². The minimum absolute atomic E-state index is 0.135. The van der Waals surface area contributed by atoms with E-state index >= 15 is 0 Å². The van der Waals surface area contributed by atoms with E-state index in [-0.39, 0.29) is 17.7 Å². The van der Waals surface area contributed by atoms with E-state index in [0.717, 1.165) is 24.1 Å². The first-order valence-electron chi connectivity index (χ1n) is 9.38. The number of carboxylic acids is 1. The van der Waals surface area contributed by atoms with Gasteiger partial charge in [-0.15, -0.1) is 0 Å². The van der Waals surface area contributed by atoms with Gasteiger partial charge in [-0.3, -0.25) is 9.20 Å². The van der Waals surface area contributed by atoms with E-state index in [4.69, 9.17) is 4.74 Å². The van der Waals surface area contributed by atoms with E-state index in [0.29, 0.717) is 22.6 Å². The van der Waals surface area contributed by atoms with Gasteiger partial charge < -0.3 is 14.8 Å². The molecule has 1 aliphatic rings. The van der Waals surface area contributed by atoms with E-state index in [9.17, 15) is 14.7 Å². The zero-order chi connectivity index (χ0) is 19.0. The van der Waals surface area contributed by atoms with E-state index in [1.807, 2.05) is 4.40 Å². The number of benzene rings is 1. The van der Waals surface area contributed by atoms with Crippen molar-refractivity contribution in [1.29, 1.82) is 0 Å². The Balaban J connectivity index is 2.00. The van der Waals surface area contributed by atoms with Crippen LogP contribution in [0.25, 0.3) is 16.7 Å². The first-order valence-corrected chi connectivity index (χ1v) is 9.38. The van der Waals surface area contributed by atoms with Gasteiger partial charge in [-0.2, -0.15) is 0 Å². The standard InChI is InChI=1S/C20H23N3O4/c1-27-11-13-8-16-15(9-14(13)20(25)26)22-19(24)18-21-10-17(23(16)18)12-6-4-2-3-5-7-12/h8-10,12H,2-7,11H2,1H3,(H,22,24)(H,25,26). The number of nitrogens with zero attached hydrogens (tertiary/aromatic N) is 2. The van der Waals surface area contributed by atoms with Crippen molar-refractivity contribution >= 4 is 22.6 Å². The number of aromatic amines is 1. The van der Waals surface area contributed by atoms with Crippen LogP contribution in [0.1, 0.15) is 66.1 Å². The van der Waals surface area contributed by atoms with Crippen LogP contribution >= 0.6 is 0 Å². The van der Waals surface area contributed by atoms with Gasteiger partial charge in [0.05, 0.1) is 23.2 Å². The molecule has 0 amide bonds. The summed E-state index contributed by atoms with van der Waals surface area (Å²) in [6, 6.07) is 3.32. The molecule has 4 rings (SSSR count). The average molecular weight is 369 g/mol. The van der Waals surface area contributed by atoms with Gasteiger partial charge in [-0.05, 0) is 30.5 Å². The number of H-pyrrole nitrogens is 1. The van der Waals surface area contributed by atoms with Crippen LogP contribution in [-0.2, 0) is 11.3 Å². The van der Waals surface area contributed by atoms with Crippen LogP contribution in [-0.4, -0.2) is 32.6 Å². The zero-order valence-electron chi connectivity index (χ0n) is 15.3. The van der Waals surface area contributed by atoms with Crippen LogP contribution in [0.3, 0.4) is 0 Å². The Kier molecular flexibility index (Phi) is 4.70. The van der Waals surface area contributed by atoms with E-state index in [2.05, 4.69) is 9.97 Å². The summed E-state index contributed by atoms with van der Waals surface area (Å²) in [5.41, 5.74) is 3.05. The highest BCUT2D eigenvalue weighted by Gasteiger charge is 2.22. The molecule has 27 heavy (non-hydrogen) atoms. The maximum atomic E-state index is 12.5. The topological polar surface area (TPSA) is 96.7 Å². The molecule has 2 heterocycles. The molecule has 0 atom stereocenters. The monoisotopic (exact) mass is 369 g/mol. The molecule has 1 aliphatic carbocycles. The minimum atomic E-state index is -1.04. The summed E-state index contributed by atoms with van der Waals surface area (Å²) in [7, 11) is 1.53. The van der Waals surface area contributed by atoms with E-state index in [1.54, 1.807) is 12.3 Å². The van der Waals surface area contributed by atoms with Crippen molar-refractivity contribution in [2.75, 3.05) is 7.11 Å². The van der Waals surface area contributed by atoms with Crippen LogP contribution in [0.5, 0.6) is 0 Å². The third kappa shape index (κ3) is 3.12. The number of aromatic nitrogens is 3. The third-order valence-corrected chi connectivity index (χ3v) is 5.51. The SMILES string of the molecule is COCc1cc2c(cc1C(=O)O)[nH]c(=O)c1ncc(C3CCCCCC3)n12. The number of carboxylic acid groups (broad SMARTS) is 1. The molecule has 1 aromatic carbocycles. The van der Waals surface area contributed by atoms with Crippen molar-refractivity contribution in [3.63, 3.8) is 0 Å². The summed E-state index contributed by atoms with van der Waals surface area (Å²) in [5, 5.41) is 9.52. The van der Waals surface area contributed by atoms with E-state index < -0.39 is 5.97 Å². The third-order valence-electron chi connectivity index (χ3n) is 5.51. The minimum Gasteiger partial charge on any atom is -0.478 e. The van der Waals surface area contributed by atoms with Gasteiger partial charge in [0.25, 0.3) is 5.56 Å². The Labute approximate surface area is 156 Å². The largest absolute Gasteiger partial charge is 0.478 e. The van der Waals surface area contributed by atoms with Crippen LogP contribution in [0.15, 0.2) is 23.1 Å². The van der Waals surface area contributed by atoms with Crippen molar-refractivity contribution in [1.82, 2.24) is 14.4 Å². The van der Waals surface area contributed by atoms with Crippen LogP contribution in [0.4, 0.5) is 0 Å². The summed E-state index contributed by atoms with van der Waals surface area (Å²) in [6.45, 7) is 0.186. The molecule has 1 saturated carbocycles. The lowest BCUT2D eigenvalue weighted by Crippen LogP contribution is -2.14. The Hall–Kier alpha value is -2.67. The molecule has 0 bridgehead atoms. The molecular formula is C20H23N3O4. The van der Waals surface area contributed by atoms with Crippen LogP contribution < -0.4 is 5.56 Å². The highest BCUT2D eigenvalue weighted by Crippen LogP contribution is 2.33. The predicted molar refractivity (Wildman–Crippen MR) is 101 cm³/mol. The van der Waals surface area contributed by atoms with Gasteiger partial charge in [0.1, 0.15) is 0 Å². The number of carbonyl (C=O) groups is 1. The Bertz CT molecular complexity index is 1060. The first kappa shape index (κ1) is 17.7. The molecule has 142 valence electrons. The lowest BCUT2D eigenvalue weighted by atomic mass is 9.97. The van der Waals surface area contributed by atoms with Crippen molar-refractivity contribution in [3.8, 4) is 0 Å². The number of ether oxygens (including phenoxy) is 1. The average Bonchev–Trinajstić information content (AvgIpc) is 2.91. The van der Waals surface area contributed by atoms with Crippen LogP contribution in [0, 0.1) is 0 Å². The highest BCUT2D eigenvalue weighted by molar-refractivity contribution is 5.94. The number of hydrogen-bond acceptors (Lipinski definition) is 4. The lowest BCUT2D eigenvalue weighted by molar-refractivity contribution is 0.0692. The second kappa shape index (κ2) is 7.15. The highest BCUT2D eigenvalue weighted by atomic mass is 16.5. The second-order valence-electron chi connectivity index (χ2n) is 7.25. The summed E-state index contributed by atoms with van der Waals surface area (Å²) >= 11 is 0. The molecule has 0 spiro atoms. The normalized spacial score (nSPS) is 16.0. The van der Waals surface area contributed by atoms with Gasteiger partial charge in [-0.25, -0.2) is 9.78 Å². The second-order valence-corrected chi connectivity index (χ2v) is 7.25. The lowest BCUT2D eigenvalue weighted by Gasteiger charge is -2.16. The van der Waals surface area contributed by atoms with Gasteiger partial charge in [-0.1, -0.05) is 25.7 Å². The Morgan fingerprint density at radius 2 is 2.04 bits per heavy atom. The van der Waals surface area contributed by atoms with Gasteiger partial charge in [0.15, 0.2) is 0 Å². The number of nitrogens with one attached hydrogen (secondary N) is 1. The quantitative estimate of drug-likeness (QED) is 0.687. The van der Waals surface area contributed by atoms with Crippen molar-refractivity contribution in [2.24, 2.45) is 0 Å². The Morgan fingerprint density at radius 3 is 2.70 bits per heavy atom. The number of fused-ring (bicyclic) bond motifs is 3. The van der Waals surface area contributed by atoms with Crippen molar-refractivity contribution in [3.05, 3.63) is 45.5 Å².